The van der Waals surface area contributed by atoms with Gasteiger partial charge in [0.05, 0.1) is 11.4 Å². The number of nitrogens with two attached hydrogens (primary N) is 1. The van der Waals surface area contributed by atoms with E-state index in [1.165, 1.54) is 0 Å². The highest BCUT2D eigenvalue weighted by Gasteiger charge is 2.36. The Morgan fingerprint density at radius 2 is 2.10 bits per heavy atom. The average molecular weight is 292 g/mol. The molecule has 3 N–H and O–H groups in total. The Bertz CT molecular complexity index is 665. The number of hydrogen-bond donors (Lipinski definition) is 2. The van der Waals surface area contributed by atoms with Crippen molar-refractivity contribution in [1.82, 2.24) is 4.72 Å². The second-order valence-corrected chi connectivity index (χ2v) is 7.18. The van der Waals surface area contributed by atoms with Crippen LogP contribution < -0.4 is 10.5 Å². The van der Waals surface area contributed by atoms with E-state index in [0.29, 0.717) is 11.4 Å². The van der Waals surface area contributed by atoms with Crippen molar-refractivity contribution in [3.63, 3.8) is 0 Å². The van der Waals surface area contributed by atoms with Crippen LogP contribution >= 0.6 is 0 Å². The predicted octanol–water partition coefficient (Wildman–Crippen LogP) is 1.53. The minimum Gasteiger partial charge on any atom is -0.320 e. The lowest BCUT2D eigenvalue weighted by Gasteiger charge is -2.38. The van der Waals surface area contributed by atoms with Gasteiger partial charge in [0.2, 0.25) is 10.0 Å². The van der Waals surface area contributed by atoms with Crippen molar-refractivity contribution in [2.24, 2.45) is 5.73 Å². The fraction of sp³-hybridized carbons (Fsp3) is 0.467. The van der Waals surface area contributed by atoms with Gasteiger partial charge < -0.3 is 5.73 Å². The molecule has 1 aliphatic rings. The maximum Gasteiger partial charge on any atom is 0.241 e. The zero-order valence-corrected chi connectivity index (χ0v) is 12.7. The van der Waals surface area contributed by atoms with Crippen LogP contribution in [-0.4, -0.2) is 20.5 Å². The maximum atomic E-state index is 12.4. The molecule has 0 atom stereocenters. The molecule has 5 heteroatoms. The molecule has 1 aromatic rings. The zero-order valence-electron chi connectivity index (χ0n) is 11.9. The van der Waals surface area contributed by atoms with E-state index in [4.69, 9.17) is 5.73 Å². The van der Waals surface area contributed by atoms with Crippen LogP contribution in [0.25, 0.3) is 0 Å². The molecule has 0 unspecified atom stereocenters. The second kappa shape index (κ2) is 5.57. The molecule has 1 saturated carbocycles. The standard InChI is InChI=1S/C15H20N2O2S/c1-12-11-14(7-6-13(12)5-3-10-16)20(18,19)17-15(2)8-4-9-15/h6-7,11,17H,4,8-10,16H2,1-2H3. The van der Waals surface area contributed by atoms with Gasteiger partial charge in [-0.25, -0.2) is 13.1 Å². The third-order valence-corrected chi connectivity index (χ3v) is 5.31. The van der Waals surface area contributed by atoms with Gasteiger partial charge >= 0.3 is 0 Å². The molecule has 0 spiro atoms. The molecule has 0 saturated heterocycles. The molecule has 0 heterocycles. The van der Waals surface area contributed by atoms with Crippen molar-refractivity contribution in [2.45, 2.75) is 43.5 Å². The summed E-state index contributed by atoms with van der Waals surface area (Å²) in [6.45, 7) is 4.09. The van der Waals surface area contributed by atoms with Crippen LogP contribution in [0.3, 0.4) is 0 Å². The zero-order chi connectivity index (χ0) is 14.8. The van der Waals surface area contributed by atoms with Crippen LogP contribution in [0.1, 0.15) is 37.3 Å². The monoisotopic (exact) mass is 292 g/mol. The Hall–Kier alpha value is -1.35. The van der Waals surface area contributed by atoms with Crippen LogP contribution in [0.4, 0.5) is 0 Å². The highest BCUT2D eigenvalue weighted by Crippen LogP contribution is 2.32. The Balaban J connectivity index is 2.26. The van der Waals surface area contributed by atoms with Crippen molar-refractivity contribution in [1.29, 1.82) is 0 Å². The van der Waals surface area contributed by atoms with Gasteiger partial charge in [-0.3, -0.25) is 0 Å². The first-order valence-electron chi connectivity index (χ1n) is 6.70. The van der Waals surface area contributed by atoms with E-state index in [2.05, 4.69) is 16.6 Å². The summed E-state index contributed by atoms with van der Waals surface area (Å²) in [6.07, 6.45) is 2.86. The second-order valence-electron chi connectivity index (χ2n) is 5.50. The quantitative estimate of drug-likeness (QED) is 0.830. The van der Waals surface area contributed by atoms with Gasteiger partial charge in [-0.1, -0.05) is 11.8 Å². The molecule has 0 aliphatic heterocycles. The summed E-state index contributed by atoms with van der Waals surface area (Å²) in [7, 11) is -3.46. The van der Waals surface area contributed by atoms with E-state index in [-0.39, 0.29) is 5.54 Å². The van der Waals surface area contributed by atoms with Crippen molar-refractivity contribution in [3.05, 3.63) is 29.3 Å². The lowest BCUT2D eigenvalue weighted by Crippen LogP contribution is -2.50. The first-order valence-corrected chi connectivity index (χ1v) is 8.18. The predicted molar refractivity (Wildman–Crippen MR) is 79.7 cm³/mol. The largest absolute Gasteiger partial charge is 0.320 e. The lowest BCUT2D eigenvalue weighted by atomic mass is 9.80. The van der Waals surface area contributed by atoms with E-state index >= 15 is 0 Å². The number of nitrogens with one attached hydrogen (secondary N) is 1. The van der Waals surface area contributed by atoms with E-state index in [1.54, 1.807) is 18.2 Å². The van der Waals surface area contributed by atoms with Crippen LogP contribution in [0.5, 0.6) is 0 Å². The molecule has 4 nitrogen and oxygen atoms in total. The molecule has 0 bridgehead atoms. The van der Waals surface area contributed by atoms with Crippen molar-refractivity contribution >= 4 is 10.0 Å². The highest BCUT2D eigenvalue weighted by atomic mass is 32.2. The van der Waals surface area contributed by atoms with Crippen LogP contribution in [0, 0.1) is 18.8 Å². The van der Waals surface area contributed by atoms with E-state index in [9.17, 15) is 8.42 Å². The SMILES string of the molecule is Cc1cc(S(=O)(=O)NC2(C)CCC2)ccc1C#CCN. The van der Waals surface area contributed by atoms with E-state index < -0.39 is 10.0 Å². The Morgan fingerprint density at radius 1 is 1.40 bits per heavy atom. The third-order valence-electron chi connectivity index (χ3n) is 3.67. The van der Waals surface area contributed by atoms with Gasteiger partial charge in [0.15, 0.2) is 0 Å². The molecular formula is C15H20N2O2S. The van der Waals surface area contributed by atoms with Crippen molar-refractivity contribution in [2.75, 3.05) is 6.54 Å². The van der Waals surface area contributed by atoms with Gasteiger partial charge in [0.1, 0.15) is 0 Å². The lowest BCUT2D eigenvalue weighted by molar-refractivity contribution is 0.248. The minimum absolute atomic E-state index is 0.287. The van der Waals surface area contributed by atoms with Gasteiger partial charge in [0, 0.05) is 11.1 Å². The molecule has 0 aromatic heterocycles. The van der Waals surface area contributed by atoms with E-state index in [1.807, 2.05) is 13.8 Å². The molecule has 108 valence electrons. The molecule has 2 rings (SSSR count). The molecule has 0 radical (unpaired) electrons. The maximum absolute atomic E-state index is 12.4. The normalized spacial score (nSPS) is 16.9. The summed E-state index contributed by atoms with van der Waals surface area (Å²) in [5, 5.41) is 0. The van der Waals surface area contributed by atoms with Crippen LogP contribution in [-0.2, 0) is 10.0 Å². The summed E-state index contributed by atoms with van der Waals surface area (Å²) in [5.74, 6) is 5.70. The molecule has 1 aromatic carbocycles. The van der Waals surface area contributed by atoms with Crippen LogP contribution in [0.2, 0.25) is 0 Å². The summed E-state index contributed by atoms with van der Waals surface area (Å²) in [5.41, 5.74) is 6.70. The molecule has 1 aliphatic carbocycles. The van der Waals surface area contributed by atoms with Crippen molar-refractivity contribution in [3.8, 4) is 11.8 Å². The Kier molecular flexibility index (Phi) is 4.19. The summed E-state index contributed by atoms with van der Waals surface area (Å²) < 4.78 is 27.5. The number of benzene rings is 1. The first-order chi connectivity index (χ1) is 9.36. The summed E-state index contributed by atoms with van der Waals surface area (Å²) >= 11 is 0. The molecule has 1 fully saturated rings. The third kappa shape index (κ3) is 3.21. The number of hydrogen-bond acceptors (Lipinski definition) is 3. The minimum atomic E-state index is -3.46. The fourth-order valence-corrected chi connectivity index (χ4v) is 3.83. The van der Waals surface area contributed by atoms with Gasteiger partial charge in [-0.2, -0.15) is 0 Å². The van der Waals surface area contributed by atoms with Gasteiger partial charge in [-0.05, 0) is 56.9 Å². The Morgan fingerprint density at radius 3 is 2.60 bits per heavy atom. The summed E-state index contributed by atoms with van der Waals surface area (Å²) in [4.78, 5) is 0.293. The topological polar surface area (TPSA) is 72.2 Å². The summed E-state index contributed by atoms with van der Waals surface area (Å²) in [6, 6.07) is 4.98. The first kappa shape index (κ1) is 15.0. The van der Waals surface area contributed by atoms with Crippen molar-refractivity contribution < 1.29 is 8.42 Å². The number of aryl methyl sites for hydroxylation is 1. The van der Waals surface area contributed by atoms with Crippen LogP contribution in [0.15, 0.2) is 23.1 Å². The molecule has 20 heavy (non-hydrogen) atoms. The number of sulfonamides is 1. The molecule has 0 amide bonds. The van der Waals surface area contributed by atoms with Gasteiger partial charge in [-0.15, -0.1) is 0 Å². The van der Waals surface area contributed by atoms with Gasteiger partial charge in [0.25, 0.3) is 0 Å². The molecular weight excluding hydrogens is 272 g/mol. The van der Waals surface area contributed by atoms with E-state index in [0.717, 1.165) is 30.4 Å². The fourth-order valence-electron chi connectivity index (χ4n) is 2.28. The smallest absolute Gasteiger partial charge is 0.241 e. The highest BCUT2D eigenvalue weighted by molar-refractivity contribution is 7.89. The average Bonchev–Trinajstić information content (AvgIpc) is 2.35. The Labute approximate surface area is 120 Å². The number of rotatable bonds is 3.